The van der Waals surface area contributed by atoms with Crippen LogP contribution in [0.3, 0.4) is 0 Å². The average molecular weight is 315 g/mol. The van der Waals surface area contributed by atoms with Crippen molar-refractivity contribution in [1.29, 1.82) is 5.26 Å². The molecule has 2 aromatic rings. The zero-order valence-electron chi connectivity index (χ0n) is 13.2. The first kappa shape index (κ1) is 15.4. The van der Waals surface area contributed by atoms with Gasteiger partial charge in [0.05, 0.1) is 23.4 Å². The zero-order valence-corrected chi connectivity index (χ0v) is 13.2. The summed E-state index contributed by atoms with van der Waals surface area (Å²) >= 11 is 0. The molecule has 7 heteroatoms. The third-order valence-corrected chi connectivity index (χ3v) is 4.18. The molecule has 0 spiro atoms. The highest BCUT2D eigenvalue weighted by molar-refractivity contribution is 5.51. The lowest BCUT2D eigenvalue weighted by molar-refractivity contribution is 0.171. The van der Waals surface area contributed by atoms with Crippen molar-refractivity contribution in [2.75, 3.05) is 31.1 Å². The minimum absolute atomic E-state index is 0.0455. The van der Waals surface area contributed by atoms with Gasteiger partial charge in [-0.1, -0.05) is 0 Å². The first-order valence-electron chi connectivity index (χ1n) is 7.57. The summed E-state index contributed by atoms with van der Waals surface area (Å²) in [7, 11) is 0. The number of rotatable bonds is 3. The van der Waals surface area contributed by atoms with Crippen LogP contribution in [0.2, 0.25) is 0 Å². The Bertz CT molecular complexity index is 730. The minimum atomic E-state index is -0.349. The number of aryl methyl sites for hydroxylation is 1. The van der Waals surface area contributed by atoms with E-state index in [0.717, 1.165) is 13.1 Å². The van der Waals surface area contributed by atoms with Crippen LogP contribution < -0.4 is 4.90 Å². The van der Waals surface area contributed by atoms with Gasteiger partial charge in [-0.05, 0) is 25.1 Å². The Hall–Kier alpha value is -2.46. The molecule has 0 radical (unpaired) electrons. The first-order chi connectivity index (χ1) is 11.1. The number of anilines is 1. The molecule has 1 atom stereocenters. The van der Waals surface area contributed by atoms with E-state index in [9.17, 15) is 4.39 Å². The molecule has 1 aromatic carbocycles. The number of benzene rings is 1. The molecule has 1 aromatic heterocycles. The van der Waals surface area contributed by atoms with Gasteiger partial charge in [-0.2, -0.15) is 5.26 Å². The van der Waals surface area contributed by atoms with Crippen LogP contribution in [0.5, 0.6) is 0 Å². The van der Waals surface area contributed by atoms with Gasteiger partial charge in [-0.15, -0.1) is 10.2 Å². The number of nitriles is 1. The number of halogens is 1. The molecule has 120 valence electrons. The summed E-state index contributed by atoms with van der Waals surface area (Å²) in [6.45, 7) is 6.78. The molecular formula is C16H18FN5O. The van der Waals surface area contributed by atoms with Gasteiger partial charge in [0.25, 0.3) is 0 Å². The van der Waals surface area contributed by atoms with E-state index in [1.54, 1.807) is 19.1 Å². The van der Waals surface area contributed by atoms with Gasteiger partial charge in [-0.25, -0.2) is 4.39 Å². The maximum Gasteiger partial charge on any atom is 0.233 e. The number of nitrogens with zero attached hydrogens (tertiary/aromatic N) is 5. The highest BCUT2D eigenvalue weighted by Crippen LogP contribution is 2.25. The predicted octanol–water partition coefficient (Wildman–Crippen LogP) is 2.27. The van der Waals surface area contributed by atoms with E-state index in [0.29, 0.717) is 36.1 Å². The molecule has 0 amide bonds. The summed E-state index contributed by atoms with van der Waals surface area (Å²) in [6, 6.07) is 6.60. The van der Waals surface area contributed by atoms with Crippen molar-refractivity contribution in [3.8, 4) is 6.07 Å². The van der Waals surface area contributed by atoms with E-state index in [2.05, 4.69) is 15.1 Å². The van der Waals surface area contributed by atoms with Crippen LogP contribution in [0.4, 0.5) is 10.1 Å². The fraction of sp³-hybridized carbons (Fsp3) is 0.438. The van der Waals surface area contributed by atoms with Gasteiger partial charge in [0.2, 0.25) is 11.8 Å². The Morgan fingerprint density at radius 3 is 2.57 bits per heavy atom. The van der Waals surface area contributed by atoms with Crippen molar-refractivity contribution in [3.63, 3.8) is 0 Å². The molecule has 0 aliphatic carbocycles. The Morgan fingerprint density at radius 2 is 2.00 bits per heavy atom. The summed E-state index contributed by atoms with van der Waals surface area (Å²) < 4.78 is 19.6. The SMILES string of the molecule is Cc1nnc(C(C)N2CCN(c3ccc(C#N)cc3F)CC2)o1. The van der Waals surface area contributed by atoms with Crippen LogP contribution in [0.15, 0.2) is 22.6 Å². The maximum absolute atomic E-state index is 14.1. The van der Waals surface area contributed by atoms with Crippen LogP contribution in [0, 0.1) is 24.1 Å². The van der Waals surface area contributed by atoms with Gasteiger partial charge >= 0.3 is 0 Å². The smallest absolute Gasteiger partial charge is 0.233 e. The highest BCUT2D eigenvalue weighted by atomic mass is 19.1. The quantitative estimate of drug-likeness (QED) is 0.865. The average Bonchev–Trinajstić information content (AvgIpc) is 3.00. The van der Waals surface area contributed by atoms with Gasteiger partial charge in [0.1, 0.15) is 5.82 Å². The lowest BCUT2D eigenvalue weighted by Gasteiger charge is -2.38. The molecule has 0 saturated carbocycles. The van der Waals surface area contributed by atoms with Crippen LogP contribution in [0.1, 0.15) is 30.3 Å². The predicted molar refractivity (Wildman–Crippen MR) is 82.4 cm³/mol. The van der Waals surface area contributed by atoms with Crippen molar-refractivity contribution in [3.05, 3.63) is 41.4 Å². The van der Waals surface area contributed by atoms with Gasteiger partial charge < -0.3 is 9.32 Å². The molecule has 1 aliphatic heterocycles. The highest BCUT2D eigenvalue weighted by Gasteiger charge is 2.26. The van der Waals surface area contributed by atoms with E-state index in [1.807, 2.05) is 17.9 Å². The van der Waals surface area contributed by atoms with Crippen molar-refractivity contribution in [2.45, 2.75) is 19.9 Å². The monoisotopic (exact) mass is 315 g/mol. The molecule has 0 bridgehead atoms. The Morgan fingerprint density at radius 1 is 1.26 bits per heavy atom. The van der Waals surface area contributed by atoms with Crippen LogP contribution >= 0.6 is 0 Å². The first-order valence-corrected chi connectivity index (χ1v) is 7.57. The molecule has 1 fully saturated rings. The Kier molecular flexibility index (Phi) is 4.26. The molecule has 3 rings (SSSR count). The van der Waals surface area contributed by atoms with Crippen molar-refractivity contribution < 1.29 is 8.81 Å². The second kappa shape index (κ2) is 6.34. The Balaban J connectivity index is 1.65. The van der Waals surface area contributed by atoms with Crippen molar-refractivity contribution >= 4 is 5.69 Å². The fourth-order valence-corrected chi connectivity index (χ4v) is 2.82. The van der Waals surface area contributed by atoms with Gasteiger partial charge in [0.15, 0.2) is 0 Å². The summed E-state index contributed by atoms with van der Waals surface area (Å²) in [4.78, 5) is 4.24. The summed E-state index contributed by atoms with van der Waals surface area (Å²) in [5.41, 5.74) is 0.884. The second-order valence-corrected chi connectivity index (χ2v) is 5.64. The zero-order chi connectivity index (χ0) is 16.4. The molecule has 2 heterocycles. The van der Waals surface area contributed by atoms with Crippen molar-refractivity contribution in [1.82, 2.24) is 15.1 Å². The maximum atomic E-state index is 14.1. The summed E-state index contributed by atoms with van der Waals surface area (Å²) in [5.74, 6) is 0.823. The topological polar surface area (TPSA) is 69.2 Å². The molecule has 1 saturated heterocycles. The van der Waals surface area contributed by atoms with E-state index < -0.39 is 0 Å². The number of hydrogen-bond acceptors (Lipinski definition) is 6. The lowest BCUT2D eigenvalue weighted by atomic mass is 10.1. The van der Waals surface area contributed by atoms with Crippen LogP contribution in [0.25, 0.3) is 0 Å². The molecule has 0 N–H and O–H groups in total. The second-order valence-electron chi connectivity index (χ2n) is 5.64. The largest absolute Gasteiger partial charge is 0.424 e. The van der Waals surface area contributed by atoms with E-state index >= 15 is 0 Å². The van der Waals surface area contributed by atoms with E-state index in [4.69, 9.17) is 9.68 Å². The van der Waals surface area contributed by atoms with Crippen LogP contribution in [-0.4, -0.2) is 41.3 Å². The normalized spacial score (nSPS) is 17.0. The molecule has 1 unspecified atom stereocenters. The van der Waals surface area contributed by atoms with Crippen LogP contribution in [-0.2, 0) is 0 Å². The number of piperazine rings is 1. The third kappa shape index (κ3) is 3.17. The van der Waals surface area contributed by atoms with Gasteiger partial charge in [-0.3, -0.25) is 4.90 Å². The van der Waals surface area contributed by atoms with Gasteiger partial charge in [0, 0.05) is 33.1 Å². The summed E-state index contributed by atoms with van der Waals surface area (Å²) in [6.07, 6.45) is 0. The Labute approximate surface area is 134 Å². The standard InChI is InChI=1S/C16H18FN5O/c1-11(16-20-19-12(2)23-16)21-5-7-22(8-6-21)15-4-3-13(10-18)9-14(15)17/h3-4,9,11H,5-8H2,1-2H3. The van der Waals surface area contributed by atoms with E-state index in [-0.39, 0.29) is 11.9 Å². The number of aromatic nitrogens is 2. The summed E-state index contributed by atoms with van der Waals surface area (Å²) in [5, 5.41) is 16.7. The third-order valence-electron chi connectivity index (χ3n) is 4.18. The lowest BCUT2D eigenvalue weighted by Crippen LogP contribution is -2.47. The molecular weight excluding hydrogens is 297 g/mol. The van der Waals surface area contributed by atoms with E-state index in [1.165, 1.54) is 6.07 Å². The molecule has 6 nitrogen and oxygen atoms in total. The minimum Gasteiger partial charge on any atom is -0.424 e. The molecule has 23 heavy (non-hydrogen) atoms. The molecule has 1 aliphatic rings. The number of hydrogen-bond donors (Lipinski definition) is 0. The fourth-order valence-electron chi connectivity index (χ4n) is 2.82. The van der Waals surface area contributed by atoms with Crippen molar-refractivity contribution in [2.24, 2.45) is 0 Å².